The first-order valence-electron chi connectivity index (χ1n) is 6.80. The Labute approximate surface area is 118 Å². The number of nitrogens with zero attached hydrogens (tertiary/aromatic N) is 3. The molecular weight excluding hydrogens is 258 g/mol. The van der Waals surface area contributed by atoms with E-state index in [1.54, 1.807) is 11.0 Å². The largest absolute Gasteiger partial charge is 0.384 e. The molecule has 3 N–H and O–H groups in total. The Morgan fingerprint density at radius 1 is 1.55 bits per heavy atom. The van der Waals surface area contributed by atoms with Crippen molar-refractivity contribution in [3.8, 4) is 0 Å². The predicted octanol–water partition coefficient (Wildman–Crippen LogP) is 0.628. The average molecular weight is 279 g/mol. The van der Waals surface area contributed by atoms with Crippen LogP contribution in [0.2, 0.25) is 0 Å². The number of rotatable bonds is 5. The second kappa shape index (κ2) is 6.51. The molecule has 7 heteroatoms. The first-order chi connectivity index (χ1) is 9.58. The molecule has 2 rings (SSSR count). The fourth-order valence-corrected chi connectivity index (χ4v) is 2.19. The maximum absolute atomic E-state index is 11.5. The van der Waals surface area contributed by atoms with Crippen molar-refractivity contribution in [3.05, 3.63) is 11.9 Å². The molecule has 1 fully saturated rings. The van der Waals surface area contributed by atoms with E-state index < -0.39 is 0 Å². The molecule has 1 aromatic heterocycles. The Morgan fingerprint density at radius 3 is 3.05 bits per heavy atom. The normalized spacial score (nSPS) is 19.2. The van der Waals surface area contributed by atoms with E-state index in [0.29, 0.717) is 43.6 Å². The standard InChI is InChI=1S/C13H21N5O2/c1-3-20-8-12-16-10(14)6-11(17-12)15-9-4-5-13(19)18(2)7-9/h6,9H,3-5,7-8H2,1-2H3,(H3,14,15,16,17). The van der Waals surface area contributed by atoms with Gasteiger partial charge >= 0.3 is 0 Å². The molecule has 1 aromatic rings. The molecular formula is C13H21N5O2. The number of hydrogen-bond donors (Lipinski definition) is 2. The molecule has 1 atom stereocenters. The number of nitrogen functional groups attached to an aromatic ring is 1. The van der Waals surface area contributed by atoms with E-state index in [1.165, 1.54) is 0 Å². The van der Waals surface area contributed by atoms with Crippen molar-refractivity contribution < 1.29 is 9.53 Å². The Balaban J connectivity index is 2.01. The van der Waals surface area contributed by atoms with Crippen LogP contribution in [-0.4, -0.2) is 47.0 Å². The summed E-state index contributed by atoms with van der Waals surface area (Å²) in [5, 5.41) is 3.31. The van der Waals surface area contributed by atoms with Crippen molar-refractivity contribution in [3.63, 3.8) is 0 Å². The number of nitrogens with one attached hydrogen (secondary N) is 1. The quantitative estimate of drug-likeness (QED) is 0.821. The number of nitrogens with two attached hydrogens (primary N) is 1. The summed E-state index contributed by atoms with van der Waals surface area (Å²) in [6.45, 7) is 3.54. The van der Waals surface area contributed by atoms with Crippen LogP contribution in [0.5, 0.6) is 0 Å². The van der Waals surface area contributed by atoms with Gasteiger partial charge < -0.3 is 20.7 Å². The lowest BCUT2D eigenvalue weighted by Crippen LogP contribution is -2.43. The fourth-order valence-electron chi connectivity index (χ4n) is 2.19. The zero-order valence-corrected chi connectivity index (χ0v) is 11.9. The van der Waals surface area contributed by atoms with Gasteiger partial charge in [0.15, 0.2) is 5.82 Å². The first kappa shape index (κ1) is 14.5. The highest BCUT2D eigenvalue weighted by molar-refractivity contribution is 5.77. The zero-order chi connectivity index (χ0) is 14.5. The van der Waals surface area contributed by atoms with Gasteiger partial charge in [-0.1, -0.05) is 0 Å². The Kier molecular flexibility index (Phi) is 4.73. The van der Waals surface area contributed by atoms with Crippen LogP contribution < -0.4 is 11.1 Å². The molecule has 20 heavy (non-hydrogen) atoms. The number of carbonyl (C=O) groups is 1. The van der Waals surface area contributed by atoms with E-state index >= 15 is 0 Å². The van der Waals surface area contributed by atoms with Gasteiger partial charge in [-0.05, 0) is 13.3 Å². The summed E-state index contributed by atoms with van der Waals surface area (Å²) in [6, 6.07) is 1.89. The van der Waals surface area contributed by atoms with Gasteiger partial charge in [-0.3, -0.25) is 4.79 Å². The molecule has 1 aliphatic heterocycles. The maximum Gasteiger partial charge on any atom is 0.222 e. The lowest BCUT2D eigenvalue weighted by molar-refractivity contribution is -0.132. The highest BCUT2D eigenvalue weighted by Crippen LogP contribution is 2.16. The van der Waals surface area contributed by atoms with Crippen molar-refractivity contribution >= 4 is 17.5 Å². The highest BCUT2D eigenvalue weighted by atomic mass is 16.5. The summed E-state index contributed by atoms with van der Waals surface area (Å²) in [4.78, 5) is 21.7. The number of aromatic nitrogens is 2. The molecule has 110 valence electrons. The van der Waals surface area contributed by atoms with Crippen LogP contribution in [-0.2, 0) is 16.1 Å². The lowest BCUT2D eigenvalue weighted by atomic mass is 10.1. The van der Waals surface area contributed by atoms with E-state index in [4.69, 9.17) is 10.5 Å². The third kappa shape index (κ3) is 3.80. The Bertz CT molecular complexity index is 480. The number of piperidine rings is 1. The van der Waals surface area contributed by atoms with Crippen LogP contribution in [0.15, 0.2) is 6.07 Å². The minimum atomic E-state index is 0.183. The van der Waals surface area contributed by atoms with Gasteiger partial charge in [0.2, 0.25) is 5.91 Å². The third-order valence-corrected chi connectivity index (χ3v) is 3.21. The van der Waals surface area contributed by atoms with Crippen molar-refractivity contribution in [2.75, 3.05) is 31.2 Å². The number of likely N-dealkylation sites (tertiary alicyclic amines) is 1. The monoisotopic (exact) mass is 279 g/mol. The SMILES string of the molecule is CCOCc1nc(N)cc(NC2CCC(=O)N(C)C2)n1. The summed E-state index contributed by atoms with van der Waals surface area (Å²) in [5.41, 5.74) is 5.77. The van der Waals surface area contributed by atoms with Crippen LogP contribution in [0.4, 0.5) is 11.6 Å². The molecule has 7 nitrogen and oxygen atoms in total. The number of ether oxygens (including phenoxy) is 1. The predicted molar refractivity (Wildman–Crippen MR) is 76.1 cm³/mol. The molecule has 2 heterocycles. The van der Waals surface area contributed by atoms with Gasteiger partial charge in [0, 0.05) is 38.7 Å². The molecule has 0 saturated carbocycles. The third-order valence-electron chi connectivity index (χ3n) is 3.21. The summed E-state index contributed by atoms with van der Waals surface area (Å²) in [5.74, 6) is 1.84. The summed E-state index contributed by atoms with van der Waals surface area (Å²) < 4.78 is 5.29. The molecule has 1 unspecified atom stereocenters. The van der Waals surface area contributed by atoms with Crippen molar-refractivity contribution in [1.29, 1.82) is 0 Å². The highest BCUT2D eigenvalue weighted by Gasteiger charge is 2.23. The molecule has 0 aromatic carbocycles. The first-order valence-corrected chi connectivity index (χ1v) is 6.80. The van der Waals surface area contributed by atoms with Crippen LogP contribution in [0.1, 0.15) is 25.6 Å². The van der Waals surface area contributed by atoms with E-state index in [1.807, 2.05) is 14.0 Å². The minimum absolute atomic E-state index is 0.183. The van der Waals surface area contributed by atoms with Crippen LogP contribution in [0, 0.1) is 0 Å². The Morgan fingerprint density at radius 2 is 2.35 bits per heavy atom. The molecule has 1 saturated heterocycles. The molecule has 0 bridgehead atoms. The van der Waals surface area contributed by atoms with Crippen molar-refractivity contribution in [2.45, 2.75) is 32.4 Å². The molecule has 1 amide bonds. The molecule has 1 aliphatic rings. The van der Waals surface area contributed by atoms with Gasteiger partial charge in [0.1, 0.15) is 18.2 Å². The van der Waals surface area contributed by atoms with Crippen molar-refractivity contribution in [1.82, 2.24) is 14.9 Å². The number of anilines is 2. The van der Waals surface area contributed by atoms with Gasteiger partial charge in [0.05, 0.1) is 0 Å². The maximum atomic E-state index is 11.5. The number of hydrogen-bond acceptors (Lipinski definition) is 6. The average Bonchev–Trinajstić information content (AvgIpc) is 2.40. The molecule has 0 spiro atoms. The van der Waals surface area contributed by atoms with Crippen LogP contribution in [0.3, 0.4) is 0 Å². The number of carbonyl (C=O) groups excluding carboxylic acids is 1. The van der Waals surface area contributed by atoms with E-state index in [0.717, 1.165) is 6.42 Å². The second-order valence-corrected chi connectivity index (χ2v) is 4.89. The van der Waals surface area contributed by atoms with Gasteiger partial charge in [-0.2, -0.15) is 0 Å². The number of amides is 1. The fraction of sp³-hybridized carbons (Fsp3) is 0.615. The van der Waals surface area contributed by atoms with Crippen molar-refractivity contribution in [2.24, 2.45) is 0 Å². The van der Waals surface area contributed by atoms with E-state index in [2.05, 4.69) is 15.3 Å². The summed E-state index contributed by atoms with van der Waals surface area (Å²) in [7, 11) is 1.81. The summed E-state index contributed by atoms with van der Waals surface area (Å²) in [6.07, 6.45) is 1.36. The van der Waals surface area contributed by atoms with Gasteiger partial charge in [-0.25, -0.2) is 9.97 Å². The number of likely N-dealkylation sites (N-methyl/N-ethyl adjacent to an activating group) is 1. The molecule has 0 radical (unpaired) electrons. The van der Waals surface area contributed by atoms with Gasteiger partial charge in [-0.15, -0.1) is 0 Å². The Hall–Kier alpha value is -1.89. The minimum Gasteiger partial charge on any atom is -0.384 e. The summed E-state index contributed by atoms with van der Waals surface area (Å²) >= 11 is 0. The second-order valence-electron chi connectivity index (χ2n) is 4.89. The lowest BCUT2D eigenvalue weighted by Gasteiger charge is -2.30. The van der Waals surface area contributed by atoms with Gasteiger partial charge in [0.25, 0.3) is 0 Å². The van der Waals surface area contributed by atoms with Crippen LogP contribution in [0.25, 0.3) is 0 Å². The van der Waals surface area contributed by atoms with Crippen LogP contribution >= 0.6 is 0 Å². The van der Waals surface area contributed by atoms with E-state index in [-0.39, 0.29) is 11.9 Å². The smallest absolute Gasteiger partial charge is 0.222 e. The molecule has 0 aliphatic carbocycles. The van der Waals surface area contributed by atoms with E-state index in [9.17, 15) is 4.79 Å². The topological polar surface area (TPSA) is 93.4 Å². The zero-order valence-electron chi connectivity index (χ0n) is 11.9.